The lowest BCUT2D eigenvalue weighted by molar-refractivity contribution is 0.0701. The number of halogens is 1. The van der Waals surface area contributed by atoms with Gasteiger partial charge in [0.05, 0.1) is 30.6 Å². The molecule has 2 aromatic heterocycles. The van der Waals surface area contributed by atoms with Crippen LogP contribution >= 0.6 is 11.6 Å². The Bertz CT molecular complexity index is 1210. The molecule has 2 aromatic carbocycles. The Morgan fingerprint density at radius 2 is 1.90 bits per heavy atom. The lowest BCUT2D eigenvalue weighted by atomic mass is 10.1. The van der Waals surface area contributed by atoms with Crippen molar-refractivity contribution >= 4 is 46.2 Å². The topological polar surface area (TPSA) is 78.4 Å². The molecule has 31 heavy (non-hydrogen) atoms. The van der Waals surface area contributed by atoms with Crippen molar-refractivity contribution in [3.63, 3.8) is 0 Å². The van der Waals surface area contributed by atoms with Crippen LogP contribution in [0.25, 0.3) is 22.3 Å². The van der Waals surface area contributed by atoms with Crippen molar-refractivity contribution < 1.29 is 4.74 Å². The summed E-state index contributed by atoms with van der Waals surface area (Å²) >= 11 is 6.10. The number of morpholine rings is 1. The maximum atomic E-state index is 6.10. The number of rotatable bonds is 5. The summed E-state index contributed by atoms with van der Waals surface area (Å²) in [6.07, 6.45) is 3.43. The molecule has 2 N–H and O–H groups in total. The summed E-state index contributed by atoms with van der Waals surface area (Å²) in [6, 6.07) is 17.7. The number of hydrogen-bond donors (Lipinski definition) is 2. The number of nitrogens with one attached hydrogen (secondary N) is 2. The number of aliphatic imine (C=N–C) groups is 1. The Hall–Kier alpha value is -3.42. The third-order valence-electron chi connectivity index (χ3n) is 5.11. The van der Waals surface area contributed by atoms with Crippen LogP contribution in [0, 0.1) is 0 Å². The molecular weight excluding hydrogens is 412 g/mol. The highest BCUT2D eigenvalue weighted by Gasteiger charge is 2.10. The van der Waals surface area contributed by atoms with Gasteiger partial charge in [-0.3, -0.25) is 0 Å². The van der Waals surface area contributed by atoms with Crippen molar-refractivity contribution in [3.8, 4) is 11.3 Å². The third-order valence-corrected chi connectivity index (χ3v) is 5.34. The maximum absolute atomic E-state index is 6.10. The molecule has 0 radical (unpaired) electrons. The third kappa shape index (κ3) is 4.52. The smallest absolute Gasteiger partial charge is 0.143 e. The fourth-order valence-electron chi connectivity index (χ4n) is 3.47. The Labute approximate surface area is 184 Å². The highest BCUT2D eigenvalue weighted by Crippen LogP contribution is 2.29. The maximum Gasteiger partial charge on any atom is 0.143 e. The first-order chi connectivity index (χ1) is 15.2. The first kappa shape index (κ1) is 19.5. The van der Waals surface area contributed by atoms with E-state index < -0.39 is 0 Å². The summed E-state index contributed by atoms with van der Waals surface area (Å²) in [5, 5.41) is 4.90. The predicted molar refractivity (Wildman–Crippen MR) is 125 cm³/mol. The molecule has 0 amide bonds. The van der Waals surface area contributed by atoms with E-state index in [1.54, 1.807) is 6.33 Å². The summed E-state index contributed by atoms with van der Waals surface area (Å²) in [4.78, 5) is 18.9. The summed E-state index contributed by atoms with van der Waals surface area (Å²) in [7, 11) is 0. The molecule has 0 atom stereocenters. The number of nitrogens with zero attached hydrogens (tertiary/aromatic N) is 4. The molecule has 4 aromatic rings. The van der Waals surface area contributed by atoms with Crippen molar-refractivity contribution in [1.82, 2.24) is 19.9 Å². The van der Waals surface area contributed by atoms with E-state index in [1.165, 1.54) is 0 Å². The summed E-state index contributed by atoms with van der Waals surface area (Å²) in [5.41, 5.74) is 4.57. The van der Waals surface area contributed by atoms with Gasteiger partial charge in [0.15, 0.2) is 0 Å². The van der Waals surface area contributed by atoms with Crippen LogP contribution in [-0.2, 0) is 4.74 Å². The summed E-state index contributed by atoms with van der Waals surface area (Å²) in [5.74, 6) is 0.724. The minimum absolute atomic E-state index is 0.668. The monoisotopic (exact) mass is 432 g/mol. The van der Waals surface area contributed by atoms with Gasteiger partial charge in [0, 0.05) is 29.5 Å². The van der Waals surface area contributed by atoms with Gasteiger partial charge in [0.1, 0.15) is 17.8 Å². The molecule has 1 fully saturated rings. The number of ether oxygens (including phenoxy) is 1. The van der Waals surface area contributed by atoms with Gasteiger partial charge in [0.25, 0.3) is 0 Å². The molecular formula is C23H21ClN6O. The first-order valence-electron chi connectivity index (χ1n) is 10.1. The number of anilines is 2. The molecule has 0 bridgehead atoms. The molecule has 0 saturated carbocycles. The zero-order valence-corrected chi connectivity index (χ0v) is 17.5. The molecule has 0 unspecified atom stereocenters. The van der Waals surface area contributed by atoms with E-state index in [0.717, 1.165) is 65.8 Å². The van der Waals surface area contributed by atoms with E-state index in [0.29, 0.717) is 5.02 Å². The summed E-state index contributed by atoms with van der Waals surface area (Å²) < 4.78 is 5.36. The molecule has 8 heteroatoms. The number of aromatic nitrogens is 3. The number of benzene rings is 2. The first-order valence-corrected chi connectivity index (χ1v) is 10.5. The van der Waals surface area contributed by atoms with Gasteiger partial charge in [-0.2, -0.15) is 0 Å². The molecule has 5 rings (SSSR count). The van der Waals surface area contributed by atoms with Gasteiger partial charge in [0.2, 0.25) is 0 Å². The van der Waals surface area contributed by atoms with Crippen molar-refractivity contribution in [2.75, 3.05) is 31.6 Å². The average Bonchev–Trinajstić information content (AvgIpc) is 3.24. The van der Waals surface area contributed by atoms with E-state index >= 15 is 0 Å². The lowest BCUT2D eigenvalue weighted by Gasteiger charge is -2.24. The second-order valence-corrected chi connectivity index (χ2v) is 7.68. The van der Waals surface area contributed by atoms with Crippen LogP contribution in [0.2, 0.25) is 5.02 Å². The SMILES string of the molecule is Clc1cccc(Nc2ncnc3[nH]c(-c4ccc(N=CN5CCOCC5)cc4)cc23)c1. The van der Waals surface area contributed by atoms with E-state index in [-0.39, 0.29) is 0 Å². The van der Waals surface area contributed by atoms with Gasteiger partial charge < -0.3 is 19.9 Å². The van der Waals surface area contributed by atoms with Crippen LogP contribution in [0.5, 0.6) is 0 Å². The van der Waals surface area contributed by atoms with Crippen LogP contribution in [-0.4, -0.2) is 52.5 Å². The Kier molecular flexibility index (Phi) is 5.52. The number of H-pyrrole nitrogens is 1. The Morgan fingerprint density at radius 3 is 2.71 bits per heavy atom. The van der Waals surface area contributed by atoms with Crippen LogP contribution in [0.3, 0.4) is 0 Å². The normalized spacial score (nSPS) is 14.4. The van der Waals surface area contributed by atoms with Crippen molar-refractivity contribution in [2.45, 2.75) is 0 Å². The minimum Gasteiger partial charge on any atom is -0.378 e. The van der Waals surface area contributed by atoms with E-state index in [4.69, 9.17) is 16.3 Å². The predicted octanol–water partition coefficient (Wildman–Crippen LogP) is 5.01. The molecule has 3 heterocycles. The van der Waals surface area contributed by atoms with E-state index in [9.17, 15) is 0 Å². The largest absolute Gasteiger partial charge is 0.378 e. The number of aromatic amines is 1. The van der Waals surface area contributed by atoms with Gasteiger partial charge >= 0.3 is 0 Å². The standard InChI is InChI=1S/C23H21ClN6O/c24-17-2-1-3-19(12-17)28-22-20-13-21(29-23(20)26-14-25-22)16-4-6-18(7-5-16)27-15-30-8-10-31-11-9-30/h1-7,12-15H,8-11H2,(H2,25,26,28,29). The molecule has 156 valence electrons. The molecule has 7 nitrogen and oxygen atoms in total. The Balaban J connectivity index is 1.37. The fourth-order valence-corrected chi connectivity index (χ4v) is 3.66. The van der Waals surface area contributed by atoms with Gasteiger partial charge in [-0.25, -0.2) is 15.0 Å². The second-order valence-electron chi connectivity index (χ2n) is 7.24. The van der Waals surface area contributed by atoms with Gasteiger partial charge in [-0.1, -0.05) is 29.8 Å². The van der Waals surface area contributed by atoms with E-state index in [1.807, 2.05) is 60.9 Å². The van der Waals surface area contributed by atoms with Gasteiger partial charge in [-0.05, 0) is 42.0 Å². The Morgan fingerprint density at radius 1 is 1.06 bits per heavy atom. The van der Waals surface area contributed by atoms with Crippen molar-refractivity contribution in [1.29, 1.82) is 0 Å². The summed E-state index contributed by atoms with van der Waals surface area (Å²) in [6.45, 7) is 3.26. The fraction of sp³-hybridized carbons (Fsp3) is 0.174. The van der Waals surface area contributed by atoms with E-state index in [2.05, 4.69) is 30.2 Å². The van der Waals surface area contributed by atoms with Crippen molar-refractivity contribution in [3.05, 3.63) is 65.9 Å². The number of fused-ring (bicyclic) bond motifs is 1. The van der Waals surface area contributed by atoms with Gasteiger partial charge in [-0.15, -0.1) is 0 Å². The highest BCUT2D eigenvalue weighted by atomic mass is 35.5. The molecule has 0 spiro atoms. The lowest BCUT2D eigenvalue weighted by Crippen LogP contribution is -2.34. The molecule has 1 aliphatic rings. The van der Waals surface area contributed by atoms with Crippen LogP contribution < -0.4 is 5.32 Å². The molecule has 0 aliphatic carbocycles. The van der Waals surface area contributed by atoms with Crippen molar-refractivity contribution in [2.24, 2.45) is 4.99 Å². The second kappa shape index (κ2) is 8.75. The quantitative estimate of drug-likeness (QED) is 0.342. The molecule has 1 aliphatic heterocycles. The average molecular weight is 433 g/mol. The van der Waals surface area contributed by atoms with Crippen LogP contribution in [0.4, 0.5) is 17.2 Å². The van der Waals surface area contributed by atoms with Crippen LogP contribution in [0.1, 0.15) is 0 Å². The zero-order valence-electron chi connectivity index (χ0n) is 16.8. The zero-order chi connectivity index (χ0) is 21.0. The van der Waals surface area contributed by atoms with Crippen LogP contribution in [0.15, 0.2) is 65.9 Å². The molecule has 1 saturated heterocycles. The highest BCUT2D eigenvalue weighted by molar-refractivity contribution is 6.30. The number of hydrogen-bond acceptors (Lipinski definition) is 5. The minimum atomic E-state index is 0.668.